The Labute approximate surface area is 179 Å². The number of hydrogen-bond acceptors (Lipinski definition) is 5. The zero-order valence-corrected chi connectivity index (χ0v) is 17.5. The van der Waals surface area contributed by atoms with Gasteiger partial charge in [0.05, 0.1) is 11.2 Å². The van der Waals surface area contributed by atoms with Gasteiger partial charge in [-0.1, -0.05) is 32.4 Å². The Hall–Kier alpha value is -2.95. The molecule has 7 nitrogen and oxygen atoms in total. The van der Waals surface area contributed by atoms with Crippen molar-refractivity contribution in [1.82, 2.24) is 25.3 Å². The molecule has 0 aliphatic heterocycles. The lowest BCUT2D eigenvalue weighted by molar-refractivity contribution is -0.140. The van der Waals surface area contributed by atoms with E-state index >= 15 is 0 Å². The summed E-state index contributed by atoms with van der Waals surface area (Å²) in [6, 6.07) is 0.434. The minimum absolute atomic E-state index is 0.113. The average molecular weight is 459 g/mol. The molecule has 0 fully saturated rings. The third kappa shape index (κ3) is 5.40. The number of hydrogen-bond donors (Lipinski definition) is 3. The highest BCUT2D eigenvalue weighted by Crippen LogP contribution is 2.29. The fraction of sp³-hybridized carbons (Fsp3) is 0.368. The molecular weight excluding hydrogens is 440 g/mol. The van der Waals surface area contributed by atoms with E-state index in [0.717, 1.165) is 6.20 Å². The van der Waals surface area contributed by atoms with Crippen molar-refractivity contribution in [3.8, 4) is 11.4 Å². The molecule has 3 heterocycles. The number of pyridine rings is 1. The fourth-order valence-corrected chi connectivity index (χ4v) is 3.02. The van der Waals surface area contributed by atoms with Crippen LogP contribution in [0.5, 0.6) is 0 Å². The topological polar surface area (TPSA) is 95.6 Å². The third-order valence-corrected chi connectivity index (χ3v) is 4.56. The molecule has 3 aromatic rings. The van der Waals surface area contributed by atoms with E-state index in [4.69, 9.17) is 11.6 Å². The molecule has 0 aliphatic rings. The van der Waals surface area contributed by atoms with Crippen molar-refractivity contribution in [3.63, 3.8) is 0 Å². The smallest absolute Gasteiger partial charge is 0.355 e. The molecule has 1 amide bonds. The second kappa shape index (κ2) is 8.29. The van der Waals surface area contributed by atoms with Crippen molar-refractivity contribution in [3.05, 3.63) is 35.5 Å². The van der Waals surface area contributed by atoms with Gasteiger partial charge in [-0.2, -0.15) is 13.2 Å². The number of nitrogens with one attached hydrogen (secondary N) is 3. The van der Waals surface area contributed by atoms with Crippen molar-refractivity contribution < 1.29 is 22.4 Å². The van der Waals surface area contributed by atoms with Gasteiger partial charge >= 0.3 is 6.18 Å². The molecule has 31 heavy (non-hydrogen) atoms. The highest BCUT2D eigenvalue weighted by molar-refractivity contribution is 6.31. The highest BCUT2D eigenvalue weighted by Gasteiger charge is 2.35. The van der Waals surface area contributed by atoms with Crippen LogP contribution in [0.25, 0.3) is 22.4 Å². The molecule has 3 aromatic heterocycles. The summed E-state index contributed by atoms with van der Waals surface area (Å²) in [6.45, 7) is 3.39. The number of H-pyrrole nitrogens is 1. The molecule has 0 saturated carbocycles. The molecule has 3 rings (SSSR count). The lowest BCUT2D eigenvalue weighted by Crippen LogP contribution is -2.49. The van der Waals surface area contributed by atoms with E-state index in [1.54, 1.807) is 33.0 Å². The number of halogens is 5. The molecule has 0 bridgehead atoms. The second-order valence-electron chi connectivity index (χ2n) is 7.92. The van der Waals surface area contributed by atoms with Crippen molar-refractivity contribution in [2.75, 3.05) is 11.9 Å². The van der Waals surface area contributed by atoms with Crippen LogP contribution in [0, 0.1) is 11.2 Å². The molecule has 0 spiro atoms. The van der Waals surface area contributed by atoms with E-state index < -0.39 is 35.9 Å². The van der Waals surface area contributed by atoms with Crippen molar-refractivity contribution in [2.45, 2.75) is 33.0 Å². The van der Waals surface area contributed by atoms with Gasteiger partial charge in [0.25, 0.3) is 0 Å². The lowest BCUT2D eigenvalue weighted by atomic mass is 9.86. The number of aromatic amines is 1. The summed E-state index contributed by atoms with van der Waals surface area (Å²) in [6.07, 6.45) is -0.636. The lowest BCUT2D eigenvalue weighted by Gasteiger charge is -2.31. The quantitative estimate of drug-likeness (QED) is 0.495. The summed E-state index contributed by atoms with van der Waals surface area (Å²) in [5.74, 6) is -2.01. The van der Waals surface area contributed by atoms with Crippen LogP contribution >= 0.6 is 11.6 Å². The van der Waals surface area contributed by atoms with E-state index in [2.05, 4.69) is 25.3 Å². The first-order valence-corrected chi connectivity index (χ1v) is 9.49. The molecular formula is C19H19ClF4N6O. The van der Waals surface area contributed by atoms with E-state index in [1.165, 1.54) is 6.20 Å². The molecule has 166 valence electrons. The maximum absolute atomic E-state index is 14.4. The monoisotopic (exact) mass is 458 g/mol. The van der Waals surface area contributed by atoms with Crippen molar-refractivity contribution in [2.24, 2.45) is 5.41 Å². The van der Waals surface area contributed by atoms with Gasteiger partial charge in [0.15, 0.2) is 17.5 Å². The van der Waals surface area contributed by atoms with Gasteiger partial charge in [-0.3, -0.25) is 4.79 Å². The maximum Gasteiger partial charge on any atom is 0.405 e. The van der Waals surface area contributed by atoms with Gasteiger partial charge in [0.2, 0.25) is 5.91 Å². The van der Waals surface area contributed by atoms with Crippen LogP contribution in [-0.4, -0.2) is 44.6 Å². The zero-order valence-electron chi connectivity index (χ0n) is 16.7. The first-order chi connectivity index (χ1) is 14.3. The van der Waals surface area contributed by atoms with E-state index in [1.807, 2.05) is 5.32 Å². The summed E-state index contributed by atoms with van der Waals surface area (Å²) >= 11 is 5.99. The number of alkyl halides is 3. The number of anilines is 1. The average Bonchev–Trinajstić information content (AvgIpc) is 3.07. The van der Waals surface area contributed by atoms with Gasteiger partial charge in [-0.15, -0.1) is 0 Å². The summed E-state index contributed by atoms with van der Waals surface area (Å²) < 4.78 is 51.9. The maximum atomic E-state index is 14.4. The first kappa shape index (κ1) is 22.7. The molecule has 0 radical (unpaired) electrons. The van der Waals surface area contributed by atoms with Crippen molar-refractivity contribution in [1.29, 1.82) is 0 Å². The van der Waals surface area contributed by atoms with E-state index in [9.17, 15) is 22.4 Å². The summed E-state index contributed by atoms with van der Waals surface area (Å²) in [5, 5.41) is 5.42. The van der Waals surface area contributed by atoms with Crippen molar-refractivity contribution >= 4 is 34.4 Å². The third-order valence-electron chi connectivity index (χ3n) is 4.36. The number of nitrogens with zero attached hydrogens (tertiary/aromatic N) is 3. The Kier molecular flexibility index (Phi) is 6.08. The van der Waals surface area contributed by atoms with Crippen LogP contribution in [0.3, 0.4) is 0 Å². The zero-order chi connectivity index (χ0) is 23.0. The van der Waals surface area contributed by atoms with Crippen LogP contribution in [0.1, 0.15) is 20.8 Å². The highest BCUT2D eigenvalue weighted by atomic mass is 35.5. The van der Waals surface area contributed by atoms with Crippen LogP contribution in [0.15, 0.2) is 24.7 Å². The van der Waals surface area contributed by atoms with E-state index in [0.29, 0.717) is 21.6 Å². The standard InChI is InChI=1S/C19H19ClF4N6O/c1-18(2,3)13(17(31)28-8-19(22,23)24)29-16-12(21)7-27-15(30-16)11-6-26-14-10(11)4-9(20)5-25-14/h4-7,13H,8H2,1-3H3,(H,25,26)(H,28,31)(H,27,29,30)/t13-/m0/s1. The Morgan fingerprint density at radius 2 is 1.94 bits per heavy atom. The predicted octanol–water partition coefficient (Wildman–Crippen LogP) is 4.32. The van der Waals surface area contributed by atoms with Gasteiger partial charge < -0.3 is 15.6 Å². The molecule has 0 saturated heterocycles. The number of carbonyl (C=O) groups is 1. The Morgan fingerprint density at radius 1 is 1.23 bits per heavy atom. The van der Waals surface area contributed by atoms with Gasteiger partial charge in [0, 0.05) is 23.3 Å². The summed E-state index contributed by atoms with van der Waals surface area (Å²) in [4.78, 5) is 27.6. The van der Waals surface area contributed by atoms with Gasteiger partial charge in [0.1, 0.15) is 18.2 Å². The molecule has 0 aliphatic carbocycles. The first-order valence-electron chi connectivity index (χ1n) is 9.12. The summed E-state index contributed by atoms with van der Waals surface area (Å²) in [7, 11) is 0. The van der Waals surface area contributed by atoms with Crippen LogP contribution < -0.4 is 10.6 Å². The Morgan fingerprint density at radius 3 is 2.58 bits per heavy atom. The number of rotatable bonds is 5. The number of aromatic nitrogens is 4. The number of amides is 1. The minimum atomic E-state index is -4.57. The molecule has 12 heteroatoms. The number of fused-ring (bicyclic) bond motifs is 1. The van der Waals surface area contributed by atoms with Crippen LogP contribution in [0.2, 0.25) is 5.02 Å². The SMILES string of the molecule is CC(C)(C)[C@@H](Nc1nc(-c2c[nH]c3ncc(Cl)cc23)ncc1F)C(=O)NCC(F)(F)F. The van der Waals surface area contributed by atoms with Crippen LogP contribution in [-0.2, 0) is 4.79 Å². The number of carbonyl (C=O) groups excluding carboxylic acids is 1. The second-order valence-corrected chi connectivity index (χ2v) is 8.35. The Bertz CT molecular complexity index is 1110. The minimum Gasteiger partial charge on any atom is -0.355 e. The normalized spacial score (nSPS) is 13.3. The predicted molar refractivity (Wildman–Crippen MR) is 108 cm³/mol. The fourth-order valence-electron chi connectivity index (χ4n) is 2.86. The largest absolute Gasteiger partial charge is 0.405 e. The molecule has 0 aromatic carbocycles. The van der Waals surface area contributed by atoms with Gasteiger partial charge in [-0.05, 0) is 11.5 Å². The molecule has 1 atom stereocenters. The Balaban J connectivity index is 1.94. The summed E-state index contributed by atoms with van der Waals surface area (Å²) in [5.41, 5.74) is 0.147. The van der Waals surface area contributed by atoms with Crippen LogP contribution in [0.4, 0.5) is 23.4 Å². The van der Waals surface area contributed by atoms with E-state index in [-0.39, 0.29) is 11.6 Å². The van der Waals surface area contributed by atoms with Gasteiger partial charge in [-0.25, -0.2) is 19.3 Å². The molecule has 3 N–H and O–H groups in total. The molecule has 0 unspecified atom stereocenters.